The van der Waals surface area contributed by atoms with Crippen LogP contribution in [0.4, 0.5) is 0 Å². The van der Waals surface area contributed by atoms with Crippen LogP contribution in [0.1, 0.15) is 6.92 Å². The van der Waals surface area contributed by atoms with Crippen LogP contribution >= 0.6 is 0 Å². The van der Waals surface area contributed by atoms with E-state index in [0.29, 0.717) is 0 Å². The Morgan fingerprint density at radius 1 is 0.900 bits per heavy atom. The first-order valence-corrected chi connectivity index (χ1v) is 11.2. The van der Waals surface area contributed by atoms with E-state index in [-0.39, 0.29) is 0 Å². The van der Waals surface area contributed by atoms with Crippen molar-refractivity contribution in [3.63, 3.8) is 0 Å². The second-order valence-electron chi connectivity index (χ2n) is 4.25. The molecule has 0 heterocycles. The average Bonchev–Trinajstić information content (AvgIpc) is 1.61. The predicted octanol–water partition coefficient (Wildman–Crippen LogP) is 2.67. The molecule has 58 valence electrons. The second-order valence-corrected chi connectivity index (χ2v) is 20.5. The largest absolute Gasteiger partial charge is 0.135 e. The van der Waals surface area contributed by atoms with E-state index in [1.165, 1.54) is 0 Å². The molecule has 0 aromatic heterocycles. The first-order chi connectivity index (χ1) is 4.31. The maximum absolute atomic E-state index is 3.41. The fourth-order valence-corrected chi connectivity index (χ4v) is 3.00. The molecule has 10 heavy (non-hydrogen) atoms. The van der Waals surface area contributed by atoms with Crippen molar-refractivity contribution in [3.05, 3.63) is 0 Å². The van der Waals surface area contributed by atoms with Crippen LogP contribution in [-0.4, -0.2) is 15.2 Å². The molecule has 0 atom stereocenters. The molecule has 0 amide bonds. The quantitative estimate of drug-likeness (QED) is 0.419. The molecule has 2 heteroatoms. The summed E-state index contributed by atoms with van der Waals surface area (Å²) in [6.45, 7) is 14.0. The predicted molar refractivity (Wildman–Crippen MR) is 54.3 cm³/mol. The minimum Gasteiger partial charge on any atom is -0.135 e. The zero-order valence-corrected chi connectivity index (χ0v) is 10.0. The average molecular weight is 170 g/mol. The van der Waals surface area contributed by atoms with Crippen molar-refractivity contribution < 1.29 is 0 Å². The van der Waals surface area contributed by atoms with E-state index < -0.39 is 15.2 Å². The van der Waals surface area contributed by atoms with E-state index in [0.717, 1.165) is 0 Å². The summed E-state index contributed by atoms with van der Waals surface area (Å²) >= 11 is 0. The molecule has 0 aliphatic carbocycles. The zero-order valence-electron chi connectivity index (χ0n) is 8.00. The molecule has 0 aliphatic rings. The van der Waals surface area contributed by atoms with Crippen molar-refractivity contribution in [1.29, 1.82) is 0 Å². The molecule has 0 aromatic carbocycles. The van der Waals surface area contributed by atoms with Gasteiger partial charge in [-0.05, 0) is 6.92 Å². The Labute approximate surface area is 66.8 Å². The Morgan fingerprint density at radius 3 is 1.40 bits per heavy atom. The monoisotopic (exact) mass is 170 g/mol. The van der Waals surface area contributed by atoms with Crippen molar-refractivity contribution in [2.75, 3.05) is 0 Å². The third-order valence-electron chi connectivity index (χ3n) is 2.31. The van der Waals surface area contributed by atoms with Crippen molar-refractivity contribution in [2.45, 2.75) is 39.7 Å². The van der Waals surface area contributed by atoms with Gasteiger partial charge >= 0.3 is 0 Å². The first kappa shape index (κ1) is 9.99. The van der Waals surface area contributed by atoms with Crippen LogP contribution in [0.5, 0.6) is 0 Å². The Morgan fingerprint density at radius 2 is 1.30 bits per heavy atom. The third kappa shape index (κ3) is 2.32. The summed E-state index contributed by atoms with van der Waals surface area (Å²) in [5.74, 6) is 3.06. The summed E-state index contributed by atoms with van der Waals surface area (Å²) < 4.78 is 0. The number of hydrogen-bond donors (Lipinski definition) is 0. The third-order valence-corrected chi connectivity index (χ3v) is 18.6. The molecular weight excluding hydrogens is 152 g/mol. The topological polar surface area (TPSA) is 0 Å². The summed E-state index contributed by atoms with van der Waals surface area (Å²) in [4.78, 5) is 0. The molecule has 0 unspecified atom stereocenters. The molecule has 0 spiro atoms. The number of rotatable bonds is 1. The van der Waals surface area contributed by atoms with Gasteiger partial charge in [0.2, 0.25) is 0 Å². The van der Waals surface area contributed by atoms with Gasteiger partial charge in [-0.2, -0.15) is 0 Å². The fourth-order valence-electron chi connectivity index (χ4n) is 0.500. The fraction of sp³-hybridized carbons (Fsp3) is 0.750. The Balaban J connectivity index is 4.51. The van der Waals surface area contributed by atoms with E-state index in [9.17, 15) is 0 Å². The van der Waals surface area contributed by atoms with Crippen molar-refractivity contribution in [2.24, 2.45) is 0 Å². The molecule has 0 aliphatic heterocycles. The van der Waals surface area contributed by atoms with Gasteiger partial charge in [0.05, 0.1) is 7.59 Å². The summed E-state index contributed by atoms with van der Waals surface area (Å²) in [6, 6.07) is 0. The highest BCUT2D eigenvalue weighted by Gasteiger charge is 2.35. The minimum absolute atomic E-state index is 0.941. The number of hydrogen-bond acceptors (Lipinski definition) is 0. The van der Waals surface area contributed by atoms with E-state index in [4.69, 9.17) is 0 Å². The summed E-state index contributed by atoms with van der Waals surface area (Å²) in [5, 5.41) is 0. The summed E-state index contributed by atoms with van der Waals surface area (Å²) in [6.07, 6.45) is 0. The van der Waals surface area contributed by atoms with Crippen LogP contribution < -0.4 is 0 Å². The summed E-state index contributed by atoms with van der Waals surface area (Å²) in [7, 11) is -2.07. The van der Waals surface area contributed by atoms with Gasteiger partial charge in [-0.25, -0.2) is 0 Å². The van der Waals surface area contributed by atoms with Crippen LogP contribution in [0, 0.1) is 11.5 Å². The SMILES string of the molecule is CC#C[Si](C)(C)[Si](C)(C)C. The molecule has 0 rings (SSSR count). The van der Waals surface area contributed by atoms with E-state index in [1.54, 1.807) is 0 Å². The standard InChI is InChI=1S/C8H18Si2/c1-7-8-10(5,6)9(2,3)4/h1-6H3. The first-order valence-electron chi connectivity index (χ1n) is 3.75. The van der Waals surface area contributed by atoms with Gasteiger partial charge in [0.1, 0.15) is 7.59 Å². The van der Waals surface area contributed by atoms with Gasteiger partial charge in [0, 0.05) is 0 Å². The lowest BCUT2D eigenvalue weighted by Crippen LogP contribution is -2.51. The van der Waals surface area contributed by atoms with Crippen LogP contribution in [0.25, 0.3) is 0 Å². The molecule has 0 bridgehead atoms. The molecule has 0 saturated heterocycles. The highest BCUT2D eigenvalue weighted by Crippen LogP contribution is 2.16. The second kappa shape index (κ2) is 2.93. The minimum atomic E-state index is -1.13. The zero-order chi connectivity index (χ0) is 8.41. The van der Waals surface area contributed by atoms with Crippen LogP contribution in [0.3, 0.4) is 0 Å². The lowest BCUT2D eigenvalue weighted by Gasteiger charge is -2.29. The van der Waals surface area contributed by atoms with Gasteiger partial charge in [-0.3, -0.25) is 0 Å². The normalized spacial score (nSPS) is 12.2. The molecule has 0 nitrogen and oxygen atoms in total. The molecule has 0 saturated carbocycles. The van der Waals surface area contributed by atoms with Gasteiger partial charge in [0.25, 0.3) is 0 Å². The Bertz CT molecular complexity index is 164. The van der Waals surface area contributed by atoms with Crippen molar-refractivity contribution >= 4 is 15.2 Å². The van der Waals surface area contributed by atoms with E-state index in [1.807, 2.05) is 6.92 Å². The van der Waals surface area contributed by atoms with Crippen LogP contribution in [0.15, 0.2) is 0 Å². The molecule has 0 fully saturated rings. The molecular formula is C8H18Si2. The molecule has 0 N–H and O–H groups in total. The Kier molecular flexibility index (Phi) is 2.93. The Hall–Kier alpha value is -0.00623. The maximum Gasteiger partial charge on any atom is 0.123 e. The lowest BCUT2D eigenvalue weighted by molar-refractivity contribution is 1.76. The van der Waals surface area contributed by atoms with Crippen LogP contribution in [-0.2, 0) is 0 Å². The smallest absolute Gasteiger partial charge is 0.123 e. The van der Waals surface area contributed by atoms with Gasteiger partial charge < -0.3 is 0 Å². The van der Waals surface area contributed by atoms with Gasteiger partial charge in [-0.15, -0.1) is 11.5 Å². The van der Waals surface area contributed by atoms with Crippen molar-refractivity contribution in [1.82, 2.24) is 0 Å². The van der Waals surface area contributed by atoms with E-state index >= 15 is 0 Å². The summed E-state index contributed by atoms with van der Waals surface area (Å²) in [5.41, 5.74) is 3.41. The molecule has 0 aromatic rings. The van der Waals surface area contributed by atoms with E-state index in [2.05, 4.69) is 44.2 Å². The van der Waals surface area contributed by atoms with Gasteiger partial charge in [-0.1, -0.05) is 32.7 Å². The lowest BCUT2D eigenvalue weighted by atomic mass is 10.8. The molecule has 0 radical (unpaired) electrons. The highest BCUT2D eigenvalue weighted by molar-refractivity contribution is 7.43. The van der Waals surface area contributed by atoms with Gasteiger partial charge in [0.15, 0.2) is 0 Å². The van der Waals surface area contributed by atoms with Crippen LogP contribution in [0.2, 0.25) is 32.7 Å². The van der Waals surface area contributed by atoms with Crippen molar-refractivity contribution in [3.8, 4) is 11.5 Å². The maximum atomic E-state index is 3.41. The highest BCUT2D eigenvalue weighted by atomic mass is 29.3.